The highest BCUT2D eigenvalue weighted by molar-refractivity contribution is 14.0. The molecule has 128 valence electrons. The minimum absolute atomic E-state index is 0. The standard InChI is InChI=1S/C18H28N4.HI/c1-14(22-12-11-15-7-5-6-10-17(15)22)13-20-18(19)21-16-8-3-2-4-9-16;/h5-7,10,14,16H,2-4,8-9,11-13H2,1H3,(H3,19,20,21);1H. The highest BCUT2D eigenvalue weighted by Crippen LogP contribution is 2.29. The van der Waals surface area contributed by atoms with Crippen molar-refractivity contribution in [3.63, 3.8) is 0 Å². The van der Waals surface area contributed by atoms with Gasteiger partial charge in [0.15, 0.2) is 5.96 Å². The molecule has 5 heteroatoms. The van der Waals surface area contributed by atoms with Gasteiger partial charge in [-0.05, 0) is 37.8 Å². The van der Waals surface area contributed by atoms with Crippen molar-refractivity contribution in [1.82, 2.24) is 5.32 Å². The Balaban J connectivity index is 0.00000192. The van der Waals surface area contributed by atoms with Gasteiger partial charge >= 0.3 is 0 Å². The van der Waals surface area contributed by atoms with Gasteiger partial charge < -0.3 is 16.0 Å². The first-order valence-corrected chi connectivity index (χ1v) is 8.65. The Hall–Kier alpha value is -0.980. The minimum atomic E-state index is 0. The smallest absolute Gasteiger partial charge is 0.188 e. The Morgan fingerprint density at radius 1 is 1.30 bits per heavy atom. The van der Waals surface area contributed by atoms with Gasteiger partial charge in [-0.3, -0.25) is 4.99 Å². The third-order valence-electron chi connectivity index (χ3n) is 4.94. The van der Waals surface area contributed by atoms with E-state index in [-0.39, 0.29) is 24.0 Å². The predicted molar refractivity (Wildman–Crippen MR) is 109 cm³/mol. The number of guanidine groups is 1. The molecule has 0 aromatic heterocycles. The Labute approximate surface area is 156 Å². The molecule has 0 bridgehead atoms. The SMILES string of the molecule is CC(CN=C(N)NC1CCCCC1)N1CCc2ccccc21.I. The molecule has 4 nitrogen and oxygen atoms in total. The van der Waals surface area contributed by atoms with Crippen LogP contribution in [0.1, 0.15) is 44.6 Å². The molecule has 23 heavy (non-hydrogen) atoms. The van der Waals surface area contributed by atoms with Crippen molar-refractivity contribution in [1.29, 1.82) is 0 Å². The van der Waals surface area contributed by atoms with Crippen LogP contribution in [0.5, 0.6) is 0 Å². The zero-order chi connectivity index (χ0) is 15.4. The maximum atomic E-state index is 6.07. The van der Waals surface area contributed by atoms with E-state index in [9.17, 15) is 0 Å². The largest absolute Gasteiger partial charge is 0.370 e. The summed E-state index contributed by atoms with van der Waals surface area (Å²) in [5, 5.41) is 3.39. The van der Waals surface area contributed by atoms with E-state index in [0.717, 1.165) is 19.5 Å². The van der Waals surface area contributed by atoms with E-state index in [1.54, 1.807) is 0 Å². The molecular weight excluding hydrogens is 399 g/mol. The van der Waals surface area contributed by atoms with Crippen LogP contribution in [-0.2, 0) is 6.42 Å². The van der Waals surface area contributed by atoms with E-state index >= 15 is 0 Å². The second-order valence-electron chi connectivity index (χ2n) is 6.63. The Morgan fingerprint density at radius 2 is 2.04 bits per heavy atom. The number of anilines is 1. The number of fused-ring (bicyclic) bond motifs is 1. The van der Waals surface area contributed by atoms with Crippen LogP contribution in [0, 0.1) is 0 Å². The van der Waals surface area contributed by atoms with Crippen molar-refractivity contribution in [2.75, 3.05) is 18.0 Å². The number of hydrogen-bond acceptors (Lipinski definition) is 2. The third kappa shape index (κ3) is 4.75. The van der Waals surface area contributed by atoms with Gasteiger partial charge in [0.05, 0.1) is 6.54 Å². The molecule has 1 unspecified atom stereocenters. The van der Waals surface area contributed by atoms with Crippen LogP contribution in [0.25, 0.3) is 0 Å². The number of nitrogens with one attached hydrogen (secondary N) is 1. The molecule has 0 spiro atoms. The summed E-state index contributed by atoms with van der Waals surface area (Å²) in [5.74, 6) is 0.617. The minimum Gasteiger partial charge on any atom is -0.370 e. The average Bonchev–Trinajstić information content (AvgIpc) is 2.98. The van der Waals surface area contributed by atoms with E-state index in [4.69, 9.17) is 5.73 Å². The molecule has 3 rings (SSSR count). The molecule has 1 aliphatic heterocycles. The summed E-state index contributed by atoms with van der Waals surface area (Å²) < 4.78 is 0. The van der Waals surface area contributed by atoms with Gasteiger partial charge in [0.1, 0.15) is 0 Å². The lowest BCUT2D eigenvalue weighted by molar-refractivity contribution is 0.412. The van der Waals surface area contributed by atoms with Gasteiger partial charge in [-0.25, -0.2) is 0 Å². The van der Waals surface area contributed by atoms with Crippen molar-refractivity contribution in [2.45, 2.75) is 57.5 Å². The number of rotatable bonds is 4. The monoisotopic (exact) mass is 428 g/mol. The van der Waals surface area contributed by atoms with Crippen LogP contribution in [-0.4, -0.2) is 31.1 Å². The van der Waals surface area contributed by atoms with Gasteiger partial charge in [-0.15, -0.1) is 24.0 Å². The van der Waals surface area contributed by atoms with Crippen LogP contribution in [0.4, 0.5) is 5.69 Å². The van der Waals surface area contributed by atoms with E-state index < -0.39 is 0 Å². The lowest BCUT2D eigenvalue weighted by atomic mass is 9.96. The molecule has 2 aliphatic rings. The maximum Gasteiger partial charge on any atom is 0.188 e. The Morgan fingerprint density at radius 3 is 2.83 bits per heavy atom. The number of nitrogens with two attached hydrogens (primary N) is 1. The summed E-state index contributed by atoms with van der Waals surface area (Å²) in [6, 6.07) is 9.59. The average molecular weight is 428 g/mol. The van der Waals surface area contributed by atoms with E-state index in [0.29, 0.717) is 18.0 Å². The second kappa shape index (κ2) is 8.76. The van der Waals surface area contributed by atoms with E-state index in [1.807, 2.05) is 0 Å². The molecular formula is C18H29IN4. The van der Waals surface area contributed by atoms with Crippen LogP contribution in [0.2, 0.25) is 0 Å². The van der Waals surface area contributed by atoms with Crippen molar-refractivity contribution in [3.05, 3.63) is 29.8 Å². The van der Waals surface area contributed by atoms with Crippen molar-refractivity contribution >= 4 is 35.6 Å². The molecule has 1 aromatic rings. The summed E-state index contributed by atoms with van der Waals surface area (Å²) in [6.07, 6.45) is 7.58. The summed E-state index contributed by atoms with van der Waals surface area (Å²) in [4.78, 5) is 7.03. The lowest BCUT2D eigenvalue weighted by Gasteiger charge is -2.27. The summed E-state index contributed by atoms with van der Waals surface area (Å²) in [5.41, 5.74) is 8.88. The molecule has 1 saturated carbocycles. The topological polar surface area (TPSA) is 53.6 Å². The number of benzene rings is 1. The molecule has 1 heterocycles. The fourth-order valence-electron chi connectivity index (χ4n) is 3.65. The van der Waals surface area contributed by atoms with Crippen molar-refractivity contribution in [3.8, 4) is 0 Å². The van der Waals surface area contributed by atoms with Gasteiger partial charge in [-0.1, -0.05) is 37.5 Å². The van der Waals surface area contributed by atoms with Gasteiger partial charge in [0, 0.05) is 24.3 Å². The van der Waals surface area contributed by atoms with Crippen LogP contribution >= 0.6 is 24.0 Å². The Kier molecular flexibility index (Phi) is 6.99. The van der Waals surface area contributed by atoms with Crippen molar-refractivity contribution in [2.24, 2.45) is 10.7 Å². The molecule has 1 aliphatic carbocycles. The van der Waals surface area contributed by atoms with Gasteiger partial charge in [0.25, 0.3) is 0 Å². The Bertz CT molecular complexity index is 526. The van der Waals surface area contributed by atoms with Crippen LogP contribution < -0.4 is 16.0 Å². The fourth-order valence-corrected chi connectivity index (χ4v) is 3.65. The van der Waals surface area contributed by atoms with Gasteiger partial charge in [-0.2, -0.15) is 0 Å². The maximum absolute atomic E-state index is 6.07. The highest BCUT2D eigenvalue weighted by Gasteiger charge is 2.22. The number of aliphatic imine (C=N–C) groups is 1. The first-order valence-electron chi connectivity index (χ1n) is 8.65. The summed E-state index contributed by atoms with van der Waals surface area (Å²) in [6.45, 7) is 4.07. The lowest BCUT2D eigenvalue weighted by Crippen LogP contribution is -2.42. The second-order valence-corrected chi connectivity index (χ2v) is 6.63. The molecule has 0 radical (unpaired) electrons. The molecule has 1 fully saturated rings. The van der Waals surface area contributed by atoms with E-state index in [1.165, 1.54) is 43.4 Å². The zero-order valence-electron chi connectivity index (χ0n) is 14.0. The molecule has 1 aromatic carbocycles. The van der Waals surface area contributed by atoms with Gasteiger partial charge in [0.2, 0.25) is 0 Å². The summed E-state index contributed by atoms with van der Waals surface area (Å²) >= 11 is 0. The number of para-hydroxylation sites is 1. The molecule has 0 amide bonds. The molecule has 3 N–H and O–H groups in total. The summed E-state index contributed by atoms with van der Waals surface area (Å²) in [7, 11) is 0. The normalized spacial score (nSPS) is 19.9. The predicted octanol–water partition coefficient (Wildman–Crippen LogP) is 3.29. The van der Waals surface area contributed by atoms with E-state index in [2.05, 4.69) is 46.4 Å². The number of hydrogen-bond donors (Lipinski definition) is 2. The number of halogens is 1. The molecule has 1 atom stereocenters. The molecule has 0 saturated heterocycles. The quantitative estimate of drug-likeness (QED) is 0.440. The first kappa shape index (κ1) is 18.4. The highest BCUT2D eigenvalue weighted by atomic mass is 127. The number of nitrogens with zero attached hydrogens (tertiary/aromatic N) is 2. The third-order valence-corrected chi connectivity index (χ3v) is 4.94. The van der Waals surface area contributed by atoms with Crippen molar-refractivity contribution < 1.29 is 0 Å². The first-order chi connectivity index (χ1) is 10.7. The van der Waals surface area contributed by atoms with Crippen LogP contribution in [0.3, 0.4) is 0 Å². The van der Waals surface area contributed by atoms with Crippen LogP contribution in [0.15, 0.2) is 29.3 Å². The zero-order valence-corrected chi connectivity index (χ0v) is 16.3. The fraction of sp³-hybridized carbons (Fsp3) is 0.611.